The molecule has 0 aliphatic carbocycles. The third kappa shape index (κ3) is 3.08. The van der Waals surface area contributed by atoms with Gasteiger partial charge in [-0.05, 0) is 74.9 Å². The molecule has 1 amide bonds. The van der Waals surface area contributed by atoms with Gasteiger partial charge in [-0.2, -0.15) is 0 Å². The van der Waals surface area contributed by atoms with Gasteiger partial charge in [0.05, 0.1) is 0 Å². The molecule has 1 heterocycles. The first-order valence-corrected chi connectivity index (χ1v) is 8.17. The average molecular weight is 339 g/mol. The Hall–Kier alpha value is -2.52. The number of rotatable bonds is 3. The van der Waals surface area contributed by atoms with Crippen LogP contribution >= 0.6 is 11.6 Å². The zero-order valence-electron chi connectivity index (χ0n) is 13.9. The maximum absolute atomic E-state index is 12.4. The molecule has 3 aromatic rings. The number of halogens is 1. The minimum atomic E-state index is -0.145. The quantitative estimate of drug-likeness (QED) is 0.690. The Kier molecular flexibility index (Phi) is 4.45. The minimum absolute atomic E-state index is 0.145. The Morgan fingerprint density at radius 2 is 1.54 bits per heavy atom. The number of hydrogen-bond acceptors (Lipinski definition) is 1. The van der Waals surface area contributed by atoms with Gasteiger partial charge in [-0.3, -0.25) is 4.79 Å². The van der Waals surface area contributed by atoms with Crippen LogP contribution < -0.4 is 5.32 Å². The summed E-state index contributed by atoms with van der Waals surface area (Å²) in [5, 5.41) is 3.55. The SMILES string of the molecule is Cc1c(Cl)cccc1NC(=O)c1ccc(-n2c(C)ccc2C)cc1. The molecule has 0 bridgehead atoms. The molecule has 0 saturated carbocycles. The number of nitrogens with zero attached hydrogens (tertiary/aromatic N) is 1. The summed E-state index contributed by atoms with van der Waals surface area (Å²) in [6.45, 7) is 6.02. The van der Waals surface area contributed by atoms with E-state index in [-0.39, 0.29) is 5.91 Å². The molecule has 0 fully saturated rings. The molecule has 3 rings (SSSR count). The van der Waals surface area contributed by atoms with Gasteiger partial charge < -0.3 is 9.88 Å². The van der Waals surface area contributed by atoms with E-state index in [1.54, 1.807) is 0 Å². The largest absolute Gasteiger partial charge is 0.322 e. The van der Waals surface area contributed by atoms with Crippen molar-refractivity contribution in [2.45, 2.75) is 20.8 Å². The van der Waals surface area contributed by atoms with Crippen molar-refractivity contribution in [1.82, 2.24) is 4.57 Å². The van der Waals surface area contributed by atoms with Gasteiger partial charge in [0.25, 0.3) is 5.91 Å². The van der Waals surface area contributed by atoms with Gasteiger partial charge in [0.1, 0.15) is 0 Å². The summed E-state index contributed by atoms with van der Waals surface area (Å²) in [5.41, 5.74) is 5.58. The van der Waals surface area contributed by atoms with Gasteiger partial charge in [0, 0.05) is 33.3 Å². The van der Waals surface area contributed by atoms with E-state index in [9.17, 15) is 4.79 Å². The van der Waals surface area contributed by atoms with Gasteiger partial charge in [0.15, 0.2) is 0 Å². The Bertz CT molecular complexity index is 875. The van der Waals surface area contributed by atoms with Crippen molar-refractivity contribution in [3.63, 3.8) is 0 Å². The highest BCUT2D eigenvalue weighted by Gasteiger charge is 2.10. The van der Waals surface area contributed by atoms with E-state index in [2.05, 4.69) is 35.9 Å². The molecule has 0 unspecified atom stereocenters. The summed E-state index contributed by atoms with van der Waals surface area (Å²) in [6, 6.07) is 17.2. The van der Waals surface area contributed by atoms with Crippen LogP contribution in [0, 0.1) is 20.8 Å². The highest BCUT2D eigenvalue weighted by atomic mass is 35.5. The highest BCUT2D eigenvalue weighted by Crippen LogP contribution is 2.24. The van der Waals surface area contributed by atoms with Crippen molar-refractivity contribution >= 4 is 23.2 Å². The maximum atomic E-state index is 12.4. The number of hydrogen-bond donors (Lipinski definition) is 1. The Morgan fingerprint density at radius 3 is 2.17 bits per heavy atom. The van der Waals surface area contributed by atoms with Crippen molar-refractivity contribution in [3.05, 3.63) is 82.1 Å². The molecule has 0 aliphatic rings. The third-order valence-corrected chi connectivity index (χ3v) is 4.58. The number of amides is 1. The number of carbonyl (C=O) groups is 1. The molecule has 1 aromatic heterocycles. The molecule has 0 atom stereocenters. The van der Waals surface area contributed by atoms with Crippen molar-refractivity contribution in [3.8, 4) is 5.69 Å². The molecule has 2 aromatic carbocycles. The average Bonchev–Trinajstić information content (AvgIpc) is 2.91. The first-order chi connectivity index (χ1) is 11.5. The molecule has 3 nitrogen and oxygen atoms in total. The first-order valence-electron chi connectivity index (χ1n) is 7.79. The van der Waals surface area contributed by atoms with Crippen molar-refractivity contribution in [2.75, 3.05) is 5.32 Å². The third-order valence-electron chi connectivity index (χ3n) is 4.17. The van der Waals surface area contributed by atoms with Gasteiger partial charge in [-0.15, -0.1) is 0 Å². The predicted molar refractivity (Wildman–Crippen MR) is 99.4 cm³/mol. The van der Waals surface area contributed by atoms with Crippen molar-refractivity contribution in [2.24, 2.45) is 0 Å². The van der Waals surface area contributed by atoms with Crippen molar-refractivity contribution < 1.29 is 4.79 Å². The fourth-order valence-electron chi connectivity index (χ4n) is 2.77. The Labute approximate surface area is 146 Å². The van der Waals surface area contributed by atoms with Gasteiger partial charge >= 0.3 is 0 Å². The normalized spacial score (nSPS) is 10.7. The molecule has 0 radical (unpaired) electrons. The summed E-state index contributed by atoms with van der Waals surface area (Å²) >= 11 is 6.10. The highest BCUT2D eigenvalue weighted by molar-refractivity contribution is 6.31. The number of carbonyl (C=O) groups excluding carboxylic acids is 1. The monoisotopic (exact) mass is 338 g/mol. The Balaban J connectivity index is 1.83. The summed E-state index contributed by atoms with van der Waals surface area (Å²) in [5.74, 6) is -0.145. The summed E-state index contributed by atoms with van der Waals surface area (Å²) in [4.78, 5) is 12.4. The van der Waals surface area contributed by atoms with E-state index in [1.165, 1.54) is 11.4 Å². The van der Waals surface area contributed by atoms with Crippen LogP contribution in [-0.4, -0.2) is 10.5 Å². The lowest BCUT2D eigenvalue weighted by Gasteiger charge is -2.12. The first kappa shape index (κ1) is 16.3. The maximum Gasteiger partial charge on any atom is 0.255 e. The van der Waals surface area contributed by atoms with Crippen LogP contribution in [0.4, 0.5) is 5.69 Å². The van der Waals surface area contributed by atoms with E-state index in [4.69, 9.17) is 11.6 Å². The van der Waals surface area contributed by atoms with E-state index < -0.39 is 0 Å². The second kappa shape index (κ2) is 6.54. The molecule has 24 heavy (non-hydrogen) atoms. The van der Waals surface area contributed by atoms with Gasteiger partial charge in [-0.25, -0.2) is 0 Å². The number of nitrogens with one attached hydrogen (secondary N) is 1. The van der Waals surface area contributed by atoms with Crippen LogP contribution in [0.2, 0.25) is 5.02 Å². The lowest BCUT2D eigenvalue weighted by atomic mass is 10.1. The van der Waals surface area contributed by atoms with Crippen LogP contribution in [0.1, 0.15) is 27.3 Å². The van der Waals surface area contributed by atoms with Crippen LogP contribution in [0.25, 0.3) is 5.69 Å². The fraction of sp³-hybridized carbons (Fsp3) is 0.150. The lowest BCUT2D eigenvalue weighted by molar-refractivity contribution is 0.102. The predicted octanol–water partition coefficient (Wildman–Crippen LogP) is 5.31. The van der Waals surface area contributed by atoms with E-state index >= 15 is 0 Å². The summed E-state index contributed by atoms with van der Waals surface area (Å²) in [6.07, 6.45) is 0. The van der Waals surface area contributed by atoms with E-state index in [0.29, 0.717) is 10.6 Å². The number of benzene rings is 2. The second-order valence-corrected chi connectivity index (χ2v) is 6.27. The molecule has 0 saturated heterocycles. The summed E-state index contributed by atoms with van der Waals surface area (Å²) < 4.78 is 2.16. The summed E-state index contributed by atoms with van der Waals surface area (Å²) in [7, 11) is 0. The van der Waals surface area contributed by atoms with Gasteiger partial charge in [-0.1, -0.05) is 17.7 Å². The van der Waals surface area contributed by atoms with Crippen LogP contribution in [0.5, 0.6) is 0 Å². The molecule has 1 N–H and O–H groups in total. The molecule has 0 spiro atoms. The van der Waals surface area contributed by atoms with E-state index in [0.717, 1.165) is 16.9 Å². The number of aryl methyl sites for hydroxylation is 2. The molecular formula is C20H19ClN2O. The molecular weight excluding hydrogens is 320 g/mol. The van der Waals surface area contributed by atoms with Gasteiger partial charge in [0.2, 0.25) is 0 Å². The molecule has 0 aliphatic heterocycles. The Morgan fingerprint density at radius 1 is 0.917 bits per heavy atom. The van der Waals surface area contributed by atoms with Crippen LogP contribution in [0.15, 0.2) is 54.6 Å². The lowest BCUT2D eigenvalue weighted by Crippen LogP contribution is -2.13. The minimum Gasteiger partial charge on any atom is -0.322 e. The zero-order valence-corrected chi connectivity index (χ0v) is 14.7. The van der Waals surface area contributed by atoms with E-state index in [1.807, 2.05) is 49.4 Å². The smallest absolute Gasteiger partial charge is 0.255 e. The number of anilines is 1. The molecule has 4 heteroatoms. The topological polar surface area (TPSA) is 34.0 Å². The second-order valence-electron chi connectivity index (χ2n) is 5.86. The van der Waals surface area contributed by atoms with Crippen LogP contribution in [-0.2, 0) is 0 Å². The number of aromatic nitrogens is 1. The van der Waals surface area contributed by atoms with Crippen LogP contribution in [0.3, 0.4) is 0 Å². The fourth-order valence-corrected chi connectivity index (χ4v) is 2.95. The molecule has 122 valence electrons. The van der Waals surface area contributed by atoms with Crippen molar-refractivity contribution in [1.29, 1.82) is 0 Å². The standard InChI is InChI=1S/C20H19ClN2O/c1-13-7-8-14(2)23(13)17-11-9-16(10-12-17)20(24)22-19-6-4-5-18(21)15(19)3/h4-12H,1-3H3,(H,22,24). The zero-order chi connectivity index (χ0) is 17.3.